The molecule has 0 saturated carbocycles. The van der Waals surface area contributed by atoms with E-state index in [9.17, 15) is 9.18 Å². The summed E-state index contributed by atoms with van der Waals surface area (Å²) in [6, 6.07) is 14.7. The first-order valence-corrected chi connectivity index (χ1v) is 11.1. The Labute approximate surface area is 188 Å². The molecule has 166 valence electrons. The first kappa shape index (κ1) is 22.1. The van der Waals surface area contributed by atoms with Gasteiger partial charge in [0.05, 0.1) is 12.1 Å². The van der Waals surface area contributed by atoms with E-state index in [-0.39, 0.29) is 23.9 Å². The quantitative estimate of drug-likeness (QED) is 0.613. The number of amides is 1. The van der Waals surface area contributed by atoms with E-state index in [0.29, 0.717) is 0 Å². The molecule has 0 aliphatic carbocycles. The molecule has 2 heterocycles. The fraction of sp³-hybridized carbons (Fsp3) is 0.346. The molecule has 1 unspecified atom stereocenters. The number of likely N-dealkylation sites (tertiary alicyclic amines) is 1. The van der Waals surface area contributed by atoms with Crippen molar-refractivity contribution in [2.75, 3.05) is 18.4 Å². The Balaban J connectivity index is 1.42. The van der Waals surface area contributed by atoms with E-state index in [2.05, 4.69) is 41.4 Å². The fourth-order valence-corrected chi connectivity index (χ4v) is 4.34. The molecule has 0 radical (unpaired) electrons. The molecular formula is C26H29FN4O. The fourth-order valence-electron chi connectivity index (χ4n) is 4.34. The molecular weight excluding hydrogens is 403 g/mol. The van der Waals surface area contributed by atoms with Crippen molar-refractivity contribution in [3.05, 3.63) is 88.3 Å². The minimum absolute atomic E-state index is 0.121. The van der Waals surface area contributed by atoms with Crippen LogP contribution in [0.5, 0.6) is 0 Å². The third kappa shape index (κ3) is 5.02. The molecule has 1 N–H and O–H groups in total. The van der Waals surface area contributed by atoms with Crippen LogP contribution in [-0.2, 0) is 17.8 Å². The van der Waals surface area contributed by atoms with Gasteiger partial charge in [-0.2, -0.15) is 0 Å². The van der Waals surface area contributed by atoms with Crippen LogP contribution in [0, 0.1) is 26.6 Å². The van der Waals surface area contributed by atoms with E-state index >= 15 is 0 Å². The summed E-state index contributed by atoms with van der Waals surface area (Å²) in [6.45, 7) is 8.89. The van der Waals surface area contributed by atoms with E-state index in [1.807, 2.05) is 13.8 Å². The predicted molar refractivity (Wildman–Crippen MR) is 124 cm³/mol. The molecule has 4 rings (SSSR count). The predicted octanol–water partition coefficient (Wildman–Crippen LogP) is 4.71. The van der Waals surface area contributed by atoms with Crippen molar-refractivity contribution < 1.29 is 9.18 Å². The molecule has 5 nitrogen and oxygen atoms in total. The molecule has 3 aromatic rings. The maximum absolute atomic E-state index is 13.8. The van der Waals surface area contributed by atoms with E-state index in [0.717, 1.165) is 48.8 Å². The Morgan fingerprint density at radius 2 is 1.75 bits per heavy atom. The maximum Gasteiger partial charge on any atom is 0.229 e. The standard InChI is InChI=1S/C26H29FN4O/c1-17-8-4-5-9-20(17)15-31-13-12-21(16-31)26-28-18(2)22(19(3)29-26)14-25(32)30-24-11-7-6-10-23(24)27/h4-11,21H,12-16H2,1-3H3,(H,30,32). The number of anilines is 1. The average Bonchev–Trinajstić information content (AvgIpc) is 3.22. The van der Waals surface area contributed by atoms with Crippen molar-refractivity contribution >= 4 is 11.6 Å². The lowest BCUT2D eigenvalue weighted by Crippen LogP contribution is -2.21. The molecule has 0 bridgehead atoms. The Kier molecular flexibility index (Phi) is 6.61. The van der Waals surface area contributed by atoms with Gasteiger partial charge >= 0.3 is 0 Å². The highest BCUT2D eigenvalue weighted by Gasteiger charge is 2.27. The number of carbonyl (C=O) groups excluding carboxylic acids is 1. The Morgan fingerprint density at radius 3 is 2.47 bits per heavy atom. The SMILES string of the molecule is Cc1ccccc1CN1CCC(c2nc(C)c(CC(=O)Nc3ccccc3F)c(C)n2)C1. The van der Waals surface area contributed by atoms with Gasteiger partial charge in [0, 0.05) is 36.0 Å². The smallest absolute Gasteiger partial charge is 0.229 e. The van der Waals surface area contributed by atoms with Crippen LogP contribution >= 0.6 is 0 Å². The highest BCUT2D eigenvalue weighted by Crippen LogP contribution is 2.28. The summed E-state index contributed by atoms with van der Waals surface area (Å²) in [5, 5.41) is 2.64. The largest absolute Gasteiger partial charge is 0.323 e. The normalized spacial score (nSPS) is 16.3. The number of para-hydroxylation sites is 1. The van der Waals surface area contributed by atoms with Crippen LogP contribution in [0.4, 0.5) is 10.1 Å². The molecule has 0 spiro atoms. The van der Waals surface area contributed by atoms with Gasteiger partial charge in [0.15, 0.2) is 0 Å². The number of carbonyl (C=O) groups is 1. The number of hydrogen-bond acceptors (Lipinski definition) is 4. The van der Waals surface area contributed by atoms with Gasteiger partial charge in [-0.1, -0.05) is 36.4 Å². The summed E-state index contributed by atoms with van der Waals surface area (Å²) in [7, 11) is 0. The molecule has 6 heteroatoms. The number of benzene rings is 2. The van der Waals surface area contributed by atoms with Crippen LogP contribution in [-0.4, -0.2) is 33.9 Å². The highest BCUT2D eigenvalue weighted by molar-refractivity contribution is 5.92. The van der Waals surface area contributed by atoms with Crippen LogP contribution in [0.1, 0.15) is 46.2 Å². The lowest BCUT2D eigenvalue weighted by Gasteiger charge is -2.18. The molecule has 1 aliphatic rings. The molecule has 1 saturated heterocycles. The van der Waals surface area contributed by atoms with E-state index in [1.165, 1.54) is 17.2 Å². The van der Waals surface area contributed by atoms with E-state index in [4.69, 9.17) is 9.97 Å². The summed E-state index contributed by atoms with van der Waals surface area (Å²) in [5.41, 5.74) is 5.29. The van der Waals surface area contributed by atoms with Gasteiger partial charge in [-0.05, 0) is 57.0 Å². The zero-order valence-corrected chi connectivity index (χ0v) is 18.9. The minimum Gasteiger partial charge on any atom is -0.323 e. The second-order valence-corrected chi connectivity index (χ2v) is 8.58. The summed E-state index contributed by atoms with van der Waals surface area (Å²) in [4.78, 5) is 24.5. The van der Waals surface area contributed by atoms with Crippen LogP contribution < -0.4 is 5.32 Å². The number of aryl methyl sites for hydroxylation is 3. The van der Waals surface area contributed by atoms with Crippen LogP contribution in [0.15, 0.2) is 48.5 Å². The Hall–Kier alpha value is -3.12. The molecule has 32 heavy (non-hydrogen) atoms. The number of rotatable bonds is 6. The molecule has 1 amide bonds. The zero-order chi connectivity index (χ0) is 22.7. The number of hydrogen-bond donors (Lipinski definition) is 1. The number of halogens is 1. The van der Waals surface area contributed by atoms with Gasteiger partial charge in [-0.25, -0.2) is 14.4 Å². The third-order valence-electron chi connectivity index (χ3n) is 6.22. The van der Waals surface area contributed by atoms with Crippen LogP contribution in [0.25, 0.3) is 0 Å². The molecule has 1 aromatic heterocycles. The second-order valence-electron chi connectivity index (χ2n) is 8.58. The van der Waals surface area contributed by atoms with Gasteiger partial charge in [0.25, 0.3) is 0 Å². The van der Waals surface area contributed by atoms with Crippen molar-refractivity contribution in [2.24, 2.45) is 0 Å². The summed E-state index contributed by atoms with van der Waals surface area (Å²) in [6.07, 6.45) is 1.15. The van der Waals surface area contributed by atoms with Gasteiger partial charge in [-0.15, -0.1) is 0 Å². The van der Waals surface area contributed by atoms with Crippen molar-refractivity contribution in [3.63, 3.8) is 0 Å². The Bertz CT molecular complexity index is 1110. The first-order chi connectivity index (χ1) is 15.4. The van der Waals surface area contributed by atoms with Crippen LogP contribution in [0.2, 0.25) is 0 Å². The van der Waals surface area contributed by atoms with Gasteiger partial charge in [-0.3, -0.25) is 9.69 Å². The van der Waals surface area contributed by atoms with Crippen molar-refractivity contribution in [1.29, 1.82) is 0 Å². The monoisotopic (exact) mass is 432 g/mol. The molecule has 1 aliphatic heterocycles. The van der Waals surface area contributed by atoms with Crippen molar-refractivity contribution in [2.45, 2.75) is 46.1 Å². The molecule has 2 aromatic carbocycles. The van der Waals surface area contributed by atoms with E-state index in [1.54, 1.807) is 18.2 Å². The zero-order valence-electron chi connectivity index (χ0n) is 18.9. The number of aromatic nitrogens is 2. The van der Waals surface area contributed by atoms with Crippen molar-refractivity contribution in [3.8, 4) is 0 Å². The van der Waals surface area contributed by atoms with Gasteiger partial charge in [0.2, 0.25) is 5.91 Å². The van der Waals surface area contributed by atoms with Crippen molar-refractivity contribution in [1.82, 2.24) is 14.9 Å². The lowest BCUT2D eigenvalue weighted by atomic mass is 10.0. The first-order valence-electron chi connectivity index (χ1n) is 11.1. The summed E-state index contributed by atoms with van der Waals surface area (Å²) >= 11 is 0. The van der Waals surface area contributed by atoms with Gasteiger partial charge in [0.1, 0.15) is 11.6 Å². The Morgan fingerprint density at radius 1 is 1.06 bits per heavy atom. The topological polar surface area (TPSA) is 58.1 Å². The van der Waals surface area contributed by atoms with Crippen LogP contribution in [0.3, 0.4) is 0 Å². The van der Waals surface area contributed by atoms with Gasteiger partial charge < -0.3 is 5.32 Å². The number of nitrogens with zero attached hydrogens (tertiary/aromatic N) is 3. The highest BCUT2D eigenvalue weighted by atomic mass is 19.1. The molecule has 1 fully saturated rings. The third-order valence-corrected chi connectivity index (χ3v) is 6.22. The lowest BCUT2D eigenvalue weighted by molar-refractivity contribution is -0.115. The minimum atomic E-state index is -0.447. The molecule has 1 atom stereocenters. The average molecular weight is 433 g/mol. The maximum atomic E-state index is 13.8. The second kappa shape index (κ2) is 9.57. The summed E-state index contributed by atoms with van der Waals surface area (Å²) in [5.74, 6) is 0.420. The number of nitrogens with one attached hydrogen (secondary N) is 1. The summed E-state index contributed by atoms with van der Waals surface area (Å²) < 4.78 is 13.8. The van der Waals surface area contributed by atoms with E-state index < -0.39 is 5.82 Å².